The Hall–Kier alpha value is -3.53. The second-order valence-corrected chi connectivity index (χ2v) is 9.87. The first kappa shape index (κ1) is 27.1. The molecule has 0 unspecified atom stereocenters. The van der Waals surface area contributed by atoms with Crippen molar-refractivity contribution >= 4 is 46.2 Å². The number of benzene rings is 2. The van der Waals surface area contributed by atoms with Crippen LogP contribution in [0.25, 0.3) is 17.0 Å². The molecule has 0 fully saturated rings. The molecule has 1 N–H and O–H groups in total. The van der Waals surface area contributed by atoms with E-state index in [0.717, 1.165) is 11.1 Å². The smallest absolute Gasteiger partial charge is 0.405 e. The molecule has 2 aromatic carbocycles. The van der Waals surface area contributed by atoms with Crippen molar-refractivity contribution in [2.75, 3.05) is 13.1 Å². The summed E-state index contributed by atoms with van der Waals surface area (Å²) in [6.45, 7) is 1.73. The number of ether oxygens (including phenoxy) is 1. The average molecular weight is 575 g/mol. The number of rotatable bonds is 6. The Morgan fingerprint density at radius 2 is 1.92 bits per heavy atom. The summed E-state index contributed by atoms with van der Waals surface area (Å²) in [6, 6.07) is 14.7. The lowest BCUT2D eigenvalue weighted by Gasteiger charge is -2.27. The van der Waals surface area contributed by atoms with Crippen LogP contribution in [0.2, 0.25) is 10.2 Å². The molecule has 1 aliphatic heterocycles. The van der Waals surface area contributed by atoms with Gasteiger partial charge in [0, 0.05) is 54.9 Å². The molecule has 0 radical (unpaired) electrons. The molecule has 0 atom stereocenters. The summed E-state index contributed by atoms with van der Waals surface area (Å²) in [5.74, 6) is -0.331. The van der Waals surface area contributed by atoms with Crippen molar-refractivity contribution in [3.05, 3.63) is 99.4 Å². The maximum absolute atomic E-state index is 13.4. The lowest BCUT2D eigenvalue weighted by molar-refractivity contribution is -0.274. The third-order valence-electron chi connectivity index (χ3n) is 6.42. The van der Waals surface area contributed by atoms with E-state index in [1.165, 1.54) is 22.9 Å². The van der Waals surface area contributed by atoms with Crippen molar-refractivity contribution in [1.29, 1.82) is 0 Å². The summed E-state index contributed by atoms with van der Waals surface area (Å²) in [7, 11) is 0. The van der Waals surface area contributed by atoms with E-state index in [-0.39, 0.29) is 17.7 Å². The largest absolute Gasteiger partial charge is 0.573 e. The maximum atomic E-state index is 13.4. The number of nitrogens with one attached hydrogen (secondary N) is 1. The van der Waals surface area contributed by atoms with Crippen LogP contribution in [0, 0.1) is 0 Å². The number of halogens is 5. The number of pyridine rings is 1. The molecule has 2 aromatic heterocycles. The molecule has 0 saturated carbocycles. The van der Waals surface area contributed by atoms with Gasteiger partial charge in [-0.3, -0.25) is 9.47 Å². The van der Waals surface area contributed by atoms with E-state index in [1.807, 2.05) is 24.3 Å². The van der Waals surface area contributed by atoms with Crippen LogP contribution >= 0.6 is 23.2 Å². The van der Waals surface area contributed by atoms with Crippen LogP contribution in [-0.2, 0) is 19.5 Å². The number of alkyl halides is 3. The Kier molecular flexibility index (Phi) is 7.83. The van der Waals surface area contributed by atoms with Gasteiger partial charge >= 0.3 is 12.4 Å². The number of aromatic nitrogens is 2. The predicted octanol–water partition coefficient (Wildman–Crippen LogP) is 7.07. The first-order chi connectivity index (χ1) is 18.7. The second kappa shape index (κ2) is 11.3. The van der Waals surface area contributed by atoms with Gasteiger partial charge in [-0.1, -0.05) is 53.6 Å². The first-order valence-corrected chi connectivity index (χ1v) is 12.9. The number of amides is 1. The number of carbonyl (C=O) groups is 1. The Balaban J connectivity index is 1.45. The highest BCUT2D eigenvalue weighted by atomic mass is 35.5. The molecular weight excluding hydrogens is 552 g/mol. The van der Waals surface area contributed by atoms with Crippen LogP contribution in [0.1, 0.15) is 22.4 Å². The first-order valence-electron chi connectivity index (χ1n) is 12.1. The van der Waals surface area contributed by atoms with E-state index in [1.54, 1.807) is 30.3 Å². The SMILES string of the molecule is O=C(NCc1ccnc(Cl)c1)n1c2c(c3c(OC(F)(F)F)cccc31)CN(C/C=C/c1ccc(Cl)cc1)CC2. The van der Waals surface area contributed by atoms with Crippen molar-refractivity contribution in [3.63, 3.8) is 0 Å². The van der Waals surface area contributed by atoms with Crippen LogP contribution in [0.5, 0.6) is 5.75 Å². The monoisotopic (exact) mass is 574 g/mol. The molecule has 202 valence electrons. The van der Waals surface area contributed by atoms with E-state index >= 15 is 0 Å². The van der Waals surface area contributed by atoms with E-state index < -0.39 is 12.4 Å². The van der Waals surface area contributed by atoms with Crippen LogP contribution in [0.4, 0.5) is 18.0 Å². The van der Waals surface area contributed by atoms with Crippen molar-refractivity contribution in [1.82, 2.24) is 19.8 Å². The van der Waals surface area contributed by atoms with E-state index in [4.69, 9.17) is 23.2 Å². The molecule has 3 heterocycles. The number of fused-ring (bicyclic) bond motifs is 3. The summed E-state index contributed by atoms with van der Waals surface area (Å²) in [4.78, 5) is 19.4. The minimum Gasteiger partial charge on any atom is -0.405 e. The zero-order valence-corrected chi connectivity index (χ0v) is 22.0. The molecule has 11 heteroatoms. The predicted molar refractivity (Wildman–Crippen MR) is 145 cm³/mol. The van der Waals surface area contributed by atoms with Crippen LogP contribution in [-0.4, -0.2) is 39.9 Å². The third kappa shape index (κ3) is 6.38. The molecule has 39 heavy (non-hydrogen) atoms. The summed E-state index contributed by atoms with van der Waals surface area (Å²) in [5.41, 5.74) is 3.38. The van der Waals surface area contributed by atoms with Gasteiger partial charge in [-0.05, 0) is 53.1 Å². The molecule has 1 aliphatic rings. The van der Waals surface area contributed by atoms with Crippen LogP contribution < -0.4 is 10.1 Å². The third-order valence-corrected chi connectivity index (χ3v) is 6.88. The number of hydrogen-bond donors (Lipinski definition) is 1. The molecule has 0 spiro atoms. The Morgan fingerprint density at radius 1 is 1.13 bits per heavy atom. The van der Waals surface area contributed by atoms with Crippen molar-refractivity contribution in [3.8, 4) is 5.75 Å². The van der Waals surface area contributed by atoms with Gasteiger partial charge in [0.05, 0.1) is 5.52 Å². The molecule has 6 nitrogen and oxygen atoms in total. The van der Waals surface area contributed by atoms with Gasteiger partial charge in [-0.2, -0.15) is 0 Å². The highest BCUT2D eigenvalue weighted by molar-refractivity contribution is 6.30. The van der Waals surface area contributed by atoms with Gasteiger partial charge in [-0.15, -0.1) is 13.2 Å². The number of hydrogen-bond acceptors (Lipinski definition) is 4. The quantitative estimate of drug-likeness (QED) is 0.250. The summed E-state index contributed by atoms with van der Waals surface area (Å²) in [5, 5.41) is 4.07. The summed E-state index contributed by atoms with van der Waals surface area (Å²) >= 11 is 11.9. The van der Waals surface area contributed by atoms with Crippen molar-refractivity contribution < 1.29 is 22.7 Å². The highest BCUT2D eigenvalue weighted by Crippen LogP contribution is 2.38. The van der Waals surface area contributed by atoms with Crippen LogP contribution in [0.15, 0.2) is 66.9 Å². The van der Waals surface area contributed by atoms with Crippen LogP contribution in [0.3, 0.4) is 0 Å². The van der Waals surface area contributed by atoms with Gasteiger partial charge in [0.25, 0.3) is 0 Å². The van der Waals surface area contributed by atoms with Crippen molar-refractivity contribution in [2.24, 2.45) is 0 Å². The van der Waals surface area contributed by atoms with Gasteiger partial charge in [0.2, 0.25) is 0 Å². The fourth-order valence-electron chi connectivity index (χ4n) is 4.75. The number of carbonyl (C=O) groups excluding carboxylic acids is 1. The maximum Gasteiger partial charge on any atom is 0.573 e. The molecule has 0 bridgehead atoms. The standard InChI is InChI=1S/C28H23Cl2F3N4O2/c29-20-8-6-18(7-9-20)3-2-13-36-14-11-22-21(17-36)26-23(4-1-5-24(26)39-28(31,32)33)37(22)27(38)35-16-19-10-12-34-25(30)15-19/h1-10,12,15H,11,13-14,16-17H2,(H,35,38)/b3-2+. The minimum absolute atomic E-state index is 0.176. The topological polar surface area (TPSA) is 59.4 Å². The average Bonchev–Trinajstić information content (AvgIpc) is 3.22. The van der Waals surface area contributed by atoms with E-state index in [0.29, 0.717) is 53.0 Å². The Labute approximate surface area is 232 Å². The Bertz CT molecular complexity index is 1530. The normalized spacial score (nSPS) is 14.1. The highest BCUT2D eigenvalue weighted by Gasteiger charge is 2.34. The Morgan fingerprint density at radius 3 is 2.67 bits per heavy atom. The fourth-order valence-corrected chi connectivity index (χ4v) is 5.07. The molecular formula is C28H23Cl2F3N4O2. The molecule has 5 rings (SSSR count). The second-order valence-electron chi connectivity index (χ2n) is 9.04. The molecule has 4 aromatic rings. The lowest BCUT2D eigenvalue weighted by atomic mass is 10.0. The van der Waals surface area contributed by atoms with E-state index in [2.05, 4.69) is 19.9 Å². The van der Waals surface area contributed by atoms with Gasteiger partial charge in [-0.25, -0.2) is 9.78 Å². The summed E-state index contributed by atoms with van der Waals surface area (Å²) in [6.07, 6.45) is 1.09. The molecule has 0 saturated heterocycles. The zero-order chi connectivity index (χ0) is 27.6. The number of nitrogens with zero attached hydrogens (tertiary/aromatic N) is 3. The van der Waals surface area contributed by atoms with Gasteiger partial charge < -0.3 is 10.1 Å². The molecule has 0 aliphatic carbocycles. The van der Waals surface area contributed by atoms with Gasteiger partial charge in [0.1, 0.15) is 10.9 Å². The van der Waals surface area contributed by atoms with Crippen molar-refractivity contribution in [2.45, 2.75) is 25.9 Å². The zero-order valence-electron chi connectivity index (χ0n) is 20.5. The lowest BCUT2D eigenvalue weighted by Crippen LogP contribution is -2.34. The van der Waals surface area contributed by atoms with E-state index in [9.17, 15) is 18.0 Å². The molecule has 1 amide bonds. The van der Waals surface area contributed by atoms with Gasteiger partial charge in [0.15, 0.2) is 0 Å². The minimum atomic E-state index is -4.87. The summed E-state index contributed by atoms with van der Waals surface area (Å²) < 4.78 is 45.7. The fraction of sp³-hybridized carbons (Fsp3) is 0.214.